The van der Waals surface area contributed by atoms with Crippen molar-refractivity contribution in [3.05, 3.63) is 108 Å². The number of nitrogens with zero attached hydrogens (tertiary/aromatic N) is 1. The third-order valence-corrected chi connectivity index (χ3v) is 10.3. The van der Waals surface area contributed by atoms with E-state index < -0.39 is 22.0 Å². The van der Waals surface area contributed by atoms with E-state index in [1.54, 1.807) is 78.7 Å². The molecule has 1 fully saturated rings. The molecule has 11 nitrogen and oxygen atoms in total. The van der Waals surface area contributed by atoms with Crippen LogP contribution in [0.3, 0.4) is 0 Å². The molecule has 6 bridgehead atoms. The maximum Gasteiger partial charge on any atom is 0.258 e. The number of hydrogen-bond donors (Lipinski definition) is 2. The highest BCUT2D eigenvalue weighted by molar-refractivity contribution is 7.91. The molecule has 0 spiro atoms. The summed E-state index contributed by atoms with van der Waals surface area (Å²) in [6.45, 7) is 0.588. The van der Waals surface area contributed by atoms with Crippen LogP contribution in [0.2, 0.25) is 0 Å². The van der Waals surface area contributed by atoms with Gasteiger partial charge in [0.25, 0.3) is 11.8 Å². The summed E-state index contributed by atoms with van der Waals surface area (Å²) in [5, 5.41) is 5.94. The van der Waals surface area contributed by atoms with Crippen LogP contribution in [-0.4, -0.2) is 75.7 Å². The van der Waals surface area contributed by atoms with Crippen molar-refractivity contribution in [1.82, 2.24) is 15.5 Å². The number of nitrogens with one attached hydrogen (secondary N) is 2. The Morgan fingerprint density at radius 3 is 2.49 bits per heavy atom. The molecule has 2 N–H and O–H groups in total. The summed E-state index contributed by atoms with van der Waals surface area (Å²) in [6.07, 6.45) is -0.268. The summed E-state index contributed by atoms with van der Waals surface area (Å²) in [6, 6.07) is 27.0. The number of ether oxygens (including phenoxy) is 3. The van der Waals surface area contributed by atoms with Crippen molar-refractivity contribution in [1.29, 1.82) is 0 Å². The Morgan fingerprint density at radius 2 is 1.71 bits per heavy atom. The molecule has 4 aromatic rings. The van der Waals surface area contributed by atoms with Crippen molar-refractivity contribution in [2.45, 2.75) is 36.4 Å². The van der Waals surface area contributed by atoms with Gasteiger partial charge in [-0.1, -0.05) is 42.5 Å². The standard InChI is InChI=1S/C37H37N3O8S/c1-46-33-15-12-27-21-31(33)26-6-5-7-29(20-26)47-24-35(41)38-22-25-10-13-28(14-11-25)48-34-16-18-40(23-32(34)39-37(27)43)36(42)17-19-49(44,45)30-8-3-2-4-9-30/h2-15,20-21,32,34H,16-19,22-24H2,1H3,(H,38,41)(H,39,43)/t32-,34-/m1/s1. The minimum absolute atomic E-state index is 0.132. The van der Waals surface area contributed by atoms with Gasteiger partial charge in [-0.2, -0.15) is 0 Å². The van der Waals surface area contributed by atoms with Crippen LogP contribution in [0.1, 0.15) is 28.8 Å². The SMILES string of the molecule is COc1ccc2cc1-c1cccc(c1)OCC(=O)NCc1ccc(cc1)O[C@@H]1CCN(C(=O)CCS(=O)(=O)c3ccccc3)C[C@H]1NC2=O. The second-order valence-corrected chi connectivity index (χ2v) is 14.0. The second kappa shape index (κ2) is 14.8. The van der Waals surface area contributed by atoms with Gasteiger partial charge in [0.2, 0.25) is 5.91 Å². The van der Waals surface area contributed by atoms with Crippen molar-refractivity contribution in [2.75, 3.05) is 32.6 Å². The molecule has 3 aliphatic rings. The predicted molar refractivity (Wildman–Crippen MR) is 182 cm³/mol. The fourth-order valence-electron chi connectivity index (χ4n) is 5.90. The van der Waals surface area contributed by atoms with Gasteiger partial charge < -0.3 is 29.7 Å². The smallest absolute Gasteiger partial charge is 0.258 e. The number of amides is 3. The van der Waals surface area contributed by atoms with Gasteiger partial charge in [-0.05, 0) is 65.7 Å². The fraction of sp³-hybridized carbons (Fsp3) is 0.270. The van der Waals surface area contributed by atoms with E-state index in [9.17, 15) is 22.8 Å². The van der Waals surface area contributed by atoms with E-state index in [4.69, 9.17) is 14.2 Å². The van der Waals surface area contributed by atoms with Crippen molar-refractivity contribution < 1.29 is 37.0 Å². The Kier molecular flexibility index (Phi) is 10.1. The minimum atomic E-state index is -3.64. The number of carbonyl (C=O) groups excluding carboxylic acids is 3. The van der Waals surface area contributed by atoms with Gasteiger partial charge in [-0.15, -0.1) is 0 Å². The molecule has 0 saturated carbocycles. The molecule has 0 unspecified atom stereocenters. The zero-order valence-electron chi connectivity index (χ0n) is 27.0. The lowest BCUT2D eigenvalue weighted by atomic mass is 9.99. The van der Waals surface area contributed by atoms with Crippen LogP contribution in [0.4, 0.5) is 0 Å². The molecular formula is C37H37N3O8S. The molecule has 0 radical (unpaired) electrons. The Balaban J connectivity index is 1.27. The average Bonchev–Trinajstić information content (AvgIpc) is 3.13. The molecule has 0 aromatic heterocycles. The zero-order chi connectivity index (χ0) is 34.4. The highest BCUT2D eigenvalue weighted by atomic mass is 32.2. The average molecular weight is 684 g/mol. The quantitative estimate of drug-likeness (QED) is 0.322. The summed E-state index contributed by atoms with van der Waals surface area (Å²) >= 11 is 0. The molecule has 0 aliphatic carbocycles. The molecule has 2 atom stereocenters. The molecule has 12 heteroatoms. The van der Waals surface area contributed by atoms with E-state index in [1.165, 1.54) is 12.1 Å². The summed E-state index contributed by atoms with van der Waals surface area (Å²) in [5.41, 5.74) is 2.58. The number of rotatable bonds is 5. The number of piperidine rings is 1. The molecule has 254 valence electrons. The molecular weight excluding hydrogens is 646 g/mol. The van der Waals surface area contributed by atoms with Crippen LogP contribution in [0.5, 0.6) is 17.2 Å². The Labute approximate surface area is 285 Å². The van der Waals surface area contributed by atoms with E-state index in [-0.39, 0.29) is 47.9 Å². The first-order valence-corrected chi connectivity index (χ1v) is 17.6. The lowest BCUT2D eigenvalue weighted by molar-refractivity contribution is -0.133. The number of benzene rings is 4. The maximum absolute atomic E-state index is 13.8. The predicted octanol–water partition coefficient (Wildman–Crippen LogP) is 4.01. The third kappa shape index (κ3) is 8.21. The van der Waals surface area contributed by atoms with Crippen LogP contribution < -0.4 is 24.8 Å². The highest BCUT2D eigenvalue weighted by Gasteiger charge is 2.35. The van der Waals surface area contributed by atoms with Crippen LogP contribution in [0, 0.1) is 0 Å². The number of carbonyl (C=O) groups is 3. The number of hydrogen-bond acceptors (Lipinski definition) is 8. The minimum Gasteiger partial charge on any atom is -0.496 e. The molecule has 7 rings (SSSR count). The van der Waals surface area contributed by atoms with E-state index in [0.29, 0.717) is 47.9 Å². The van der Waals surface area contributed by atoms with Crippen LogP contribution in [0.15, 0.2) is 102 Å². The monoisotopic (exact) mass is 683 g/mol. The van der Waals surface area contributed by atoms with E-state index in [2.05, 4.69) is 10.6 Å². The number of fused-ring (bicyclic) bond motifs is 7. The highest BCUT2D eigenvalue weighted by Crippen LogP contribution is 2.33. The Bertz CT molecular complexity index is 1930. The van der Waals surface area contributed by atoms with Gasteiger partial charge in [0.05, 0.1) is 23.8 Å². The van der Waals surface area contributed by atoms with Gasteiger partial charge >= 0.3 is 0 Å². The van der Waals surface area contributed by atoms with Gasteiger partial charge in [0.1, 0.15) is 23.4 Å². The molecule has 1 saturated heterocycles. The van der Waals surface area contributed by atoms with E-state index in [1.807, 2.05) is 18.2 Å². The van der Waals surface area contributed by atoms with Crippen molar-refractivity contribution in [3.8, 4) is 28.4 Å². The largest absolute Gasteiger partial charge is 0.496 e. The second-order valence-electron chi connectivity index (χ2n) is 11.9. The van der Waals surface area contributed by atoms with Gasteiger partial charge in [0.15, 0.2) is 16.4 Å². The van der Waals surface area contributed by atoms with Crippen molar-refractivity contribution in [2.24, 2.45) is 0 Å². The summed E-state index contributed by atoms with van der Waals surface area (Å²) in [5.74, 6) is 0.284. The summed E-state index contributed by atoms with van der Waals surface area (Å²) in [4.78, 5) is 41.5. The van der Waals surface area contributed by atoms with Gasteiger partial charge in [0, 0.05) is 43.6 Å². The zero-order valence-corrected chi connectivity index (χ0v) is 27.8. The third-order valence-electron chi connectivity index (χ3n) is 8.58. The molecule has 3 amide bonds. The van der Waals surface area contributed by atoms with Crippen molar-refractivity contribution >= 4 is 27.6 Å². The van der Waals surface area contributed by atoms with Gasteiger partial charge in [-0.25, -0.2) is 8.42 Å². The van der Waals surface area contributed by atoms with Crippen LogP contribution >= 0.6 is 0 Å². The number of methoxy groups -OCH3 is 1. The fourth-order valence-corrected chi connectivity index (χ4v) is 7.15. The normalized spacial score (nSPS) is 18.2. The molecule has 4 aromatic carbocycles. The van der Waals surface area contributed by atoms with Crippen molar-refractivity contribution in [3.63, 3.8) is 0 Å². The molecule has 3 aliphatic heterocycles. The van der Waals surface area contributed by atoms with E-state index in [0.717, 1.165) is 11.1 Å². The number of sulfone groups is 1. The van der Waals surface area contributed by atoms with Crippen LogP contribution in [-0.2, 0) is 26.0 Å². The topological polar surface area (TPSA) is 140 Å². The first-order chi connectivity index (χ1) is 23.7. The molecule has 3 heterocycles. The number of likely N-dealkylation sites (tertiary alicyclic amines) is 1. The van der Waals surface area contributed by atoms with Crippen LogP contribution in [0.25, 0.3) is 11.1 Å². The first-order valence-electron chi connectivity index (χ1n) is 16.0. The van der Waals surface area contributed by atoms with Gasteiger partial charge in [-0.3, -0.25) is 14.4 Å². The molecule has 49 heavy (non-hydrogen) atoms. The Morgan fingerprint density at radius 1 is 0.918 bits per heavy atom. The summed E-state index contributed by atoms with van der Waals surface area (Å²) < 4.78 is 43.4. The Hall–Kier alpha value is -5.36. The first kappa shape index (κ1) is 33.5. The maximum atomic E-state index is 13.8. The summed E-state index contributed by atoms with van der Waals surface area (Å²) in [7, 11) is -2.10. The lowest BCUT2D eigenvalue weighted by Gasteiger charge is -2.39. The lowest BCUT2D eigenvalue weighted by Crippen LogP contribution is -2.58. The van der Waals surface area contributed by atoms with E-state index >= 15 is 0 Å².